The molecule has 0 bridgehead atoms. The zero-order chi connectivity index (χ0) is 13.8. The van der Waals surface area contributed by atoms with Crippen LogP contribution in [0.15, 0.2) is 48.5 Å². The Morgan fingerprint density at radius 2 is 1.95 bits per heavy atom. The Morgan fingerprint density at radius 3 is 2.70 bits per heavy atom. The van der Waals surface area contributed by atoms with Gasteiger partial charge in [-0.2, -0.15) is 0 Å². The van der Waals surface area contributed by atoms with Gasteiger partial charge in [-0.25, -0.2) is 0 Å². The van der Waals surface area contributed by atoms with Crippen LogP contribution in [-0.4, -0.2) is 18.2 Å². The summed E-state index contributed by atoms with van der Waals surface area (Å²) in [6.45, 7) is 2.41. The smallest absolute Gasteiger partial charge is 0.161 e. The molecule has 1 atom stereocenters. The van der Waals surface area contributed by atoms with E-state index in [0.717, 1.165) is 30.6 Å². The minimum atomic E-state index is 0.289. The largest absolute Gasteiger partial charge is 0.504 e. The van der Waals surface area contributed by atoms with Crippen molar-refractivity contribution in [3.8, 4) is 11.5 Å². The minimum Gasteiger partial charge on any atom is -0.504 e. The van der Waals surface area contributed by atoms with Crippen molar-refractivity contribution in [2.24, 2.45) is 0 Å². The second-order valence-corrected chi connectivity index (χ2v) is 5.16. The molecule has 2 N–H and O–H groups in total. The van der Waals surface area contributed by atoms with Gasteiger partial charge in [0.2, 0.25) is 0 Å². The molecule has 0 spiro atoms. The van der Waals surface area contributed by atoms with Crippen LogP contribution in [0.25, 0.3) is 0 Å². The summed E-state index contributed by atoms with van der Waals surface area (Å²) in [5, 5.41) is 13.7. The molecule has 3 rings (SSSR count). The highest BCUT2D eigenvalue weighted by atomic mass is 16.5. The summed E-state index contributed by atoms with van der Waals surface area (Å²) < 4.78 is 5.75. The van der Waals surface area contributed by atoms with Crippen molar-refractivity contribution in [3.05, 3.63) is 59.7 Å². The van der Waals surface area contributed by atoms with Gasteiger partial charge in [-0.15, -0.1) is 0 Å². The third-order valence-electron chi connectivity index (χ3n) is 3.77. The molecule has 3 nitrogen and oxygen atoms in total. The fraction of sp³-hybridized carbons (Fsp3) is 0.294. The predicted molar refractivity (Wildman–Crippen MR) is 79.1 cm³/mol. The molecule has 1 aliphatic rings. The van der Waals surface area contributed by atoms with Crippen molar-refractivity contribution < 1.29 is 9.84 Å². The molecule has 2 aromatic rings. The molecule has 0 aromatic heterocycles. The number of nitrogens with one attached hydrogen (secondary N) is 1. The van der Waals surface area contributed by atoms with Crippen molar-refractivity contribution >= 4 is 0 Å². The predicted octanol–water partition coefficient (Wildman–Crippen LogP) is 3.05. The first kappa shape index (κ1) is 13.0. The number of para-hydroxylation sites is 1. The summed E-state index contributed by atoms with van der Waals surface area (Å²) >= 11 is 0. The molecular weight excluding hydrogens is 250 g/mol. The maximum absolute atomic E-state index is 10.4. The molecule has 20 heavy (non-hydrogen) atoms. The topological polar surface area (TPSA) is 41.5 Å². The van der Waals surface area contributed by atoms with Gasteiger partial charge in [0.25, 0.3) is 0 Å². The van der Waals surface area contributed by atoms with E-state index in [1.807, 2.05) is 48.5 Å². The fourth-order valence-corrected chi connectivity index (χ4v) is 2.64. The second-order valence-electron chi connectivity index (χ2n) is 5.16. The van der Waals surface area contributed by atoms with E-state index >= 15 is 0 Å². The summed E-state index contributed by atoms with van der Waals surface area (Å²) in [6, 6.07) is 15.7. The number of ether oxygens (including phenoxy) is 1. The van der Waals surface area contributed by atoms with Gasteiger partial charge in [-0.05, 0) is 24.6 Å². The molecule has 1 saturated heterocycles. The molecule has 0 saturated carbocycles. The van der Waals surface area contributed by atoms with Crippen molar-refractivity contribution in [1.29, 1.82) is 0 Å². The Labute approximate surface area is 119 Å². The highest BCUT2D eigenvalue weighted by Gasteiger charge is 2.21. The third-order valence-corrected chi connectivity index (χ3v) is 3.77. The van der Waals surface area contributed by atoms with Crippen molar-refractivity contribution in [3.63, 3.8) is 0 Å². The lowest BCUT2D eigenvalue weighted by molar-refractivity contribution is 0.287. The zero-order valence-electron chi connectivity index (χ0n) is 11.4. The number of phenols is 1. The first-order valence-corrected chi connectivity index (χ1v) is 7.04. The lowest BCUT2D eigenvalue weighted by Crippen LogP contribution is -2.08. The molecule has 0 aliphatic carbocycles. The van der Waals surface area contributed by atoms with Gasteiger partial charge in [0, 0.05) is 18.0 Å². The Hall–Kier alpha value is -2.00. The van der Waals surface area contributed by atoms with Crippen LogP contribution in [-0.2, 0) is 6.61 Å². The number of hydrogen-bond donors (Lipinski definition) is 2. The maximum atomic E-state index is 10.4. The average molecular weight is 269 g/mol. The molecule has 2 aromatic carbocycles. The molecule has 104 valence electrons. The summed E-state index contributed by atoms with van der Waals surface area (Å²) in [4.78, 5) is 0. The average Bonchev–Trinajstić information content (AvgIpc) is 3.01. The minimum absolute atomic E-state index is 0.289. The summed E-state index contributed by atoms with van der Waals surface area (Å²) in [5.74, 6) is 1.24. The van der Waals surface area contributed by atoms with Crippen molar-refractivity contribution in [1.82, 2.24) is 5.32 Å². The van der Waals surface area contributed by atoms with Crippen LogP contribution >= 0.6 is 0 Å². The summed E-state index contributed by atoms with van der Waals surface area (Å²) in [5.41, 5.74) is 2.08. The highest BCUT2D eigenvalue weighted by molar-refractivity contribution is 5.47. The van der Waals surface area contributed by atoms with Gasteiger partial charge in [-0.3, -0.25) is 0 Å². The van der Waals surface area contributed by atoms with E-state index in [-0.39, 0.29) is 5.75 Å². The Balaban J connectivity index is 1.75. The molecule has 1 fully saturated rings. The van der Waals surface area contributed by atoms with E-state index < -0.39 is 0 Å². The van der Waals surface area contributed by atoms with E-state index in [0.29, 0.717) is 18.3 Å². The SMILES string of the molecule is Oc1c(OCc2ccccc2)cccc1C1CCNC1. The Morgan fingerprint density at radius 1 is 1.10 bits per heavy atom. The van der Waals surface area contributed by atoms with Crippen LogP contribution in [0.1, 0.15) is 23.5 Å². The number of rotatable bonds is 4. The maximum Gasteiger partial charge on any atom is 0.161 e. The standard InChI is InChI=1S/C17H19NO2/c19-17-15(14-9-10-18-11-14)7-4-8-16(17)20-12-13-5-2-1-3-6-13/h1-8,14,18-19H,9-12H2. The van der Waals surface area contributed by atoms with Crippen LogP contribution in [0, 0.1) is 0 Å². The van der Waals surface area contributed by atoms with E-state index in [4.69, 9.17) is 4.74 Å². The van der Waals surface area contributed by atoms with Gasteiger partial charge in [0.1, 0.15) is 6.61 Å². The van der Waals surface area contributed by atoms with Gasteiger partial charge in [0.05, 0.1) is 0 Å². The van der Waals surface area contributed by atoms with Crippen LogP contribution in [0.3, 0.4) is 0 Å². The van der Waals surface area contributed by atoms with E-state index in [1.165, 1.54) is 0 Å². The summed E-state index contributed by atoms with van der Waals surface area (Å²) in [6.07, 6.45) is 1.07. The molecule has 0 radical (unpaired) electrons. The Kier molecular flexibility index (Phi) is 3.88. The lowest BCUT2D eigenvalue weighted by atomic mass is 9.97. The molecular formula is C17H19NO2. The first-order valence-electron chi connectivity index (χ1n) is 7.04. The summed E-state index contributed by atoms with van der Waals surface area (Å²) in [7, 11) is 0. The monoisotopic (exact) mass is 269 g/mol. The zero-order valence-corrected chi connectivity index (χ0v) is 11.4. The van der Waals surface area contributed by atoms with Crippen LogP contribution < -0.4 is 10.1 Å². The molecule has 1 heterocycles. The van der Waals surface area contributed by atoms with Crippen LogP contribution in [0.4, 0.5) is 0 Å². The van der Waals surface area contributed by atoms with E-state index in [9.17, 15) is 5.11 Å². The van der Waals surface area contributed by atoms with Crippen LogP contribution in [0.5, 0.6) is 11.5 Å². The van der Waals surface area contributed by atoms with Crippen molar-refractivity contribution in [2.45, 2.75) is 18.9 Å². The third kappa shape index (κ3) is 2.78. The lowest BCUT2D eigenvalue weighted by Gasteiger charge is -2.15. The number of benzene rings is 2. The molecule has 1 aliphatic heterocycles. The molecule has 0 amide bonds. The van der Waals surface area contributed by atoms with E-state index in [2.05, 4.69) is 5.32 Å². The van der Waals surface area contributed by atoms with E-state index in [1.54, 1.807) is 0 Å². The second kappa shape index (κ2) is 5.97. The van der Waals surface area contributed by atoms with Crippen molar-refractivity contribution in [2.75, 3.05) is 13.1 Å². The normalized spacial score (nSPS) is 18.1. The van der Waals surface area contributed by atoms with Gasteiger partial charge in [-0.1, -0.05) is 42.5 Å². The molecule has 1 unspecified atom stereocenters. The quantitative estimate of drug-likeness (QED) is 0.896. The highest BCUT2D eigenvalue weighted by Crippen LogP contribution is 2.37. The number of phenolic OH excluding ortho intramolecular Hbond substituents is 1. The van der Waals surface area contributed by atoms with Gasteiger partial charge >= 0.3 is 0 Å². The van der Waals surface area contributed by atoms with Gasteiger partial charge in [0.15, 0.2) is 11.5 Å². The van der Waals surface area contributed by atoms with Gasteiger partial charge < -0.3 is 15.2 Å². The number of aromatic hydroxyl groups is 1. The molecule has 3 heteroatoms. The fourth-order valence-electron chi connectivity index (χ4n) is 2.64. The van der Waals surface area contributed by atoms with Crippen LogP contribution in [0.2, 0.25) is 0 Å². The number of hydrogen-bond acceptors (Lipinski definition) is 3. The Bertz CT molecular complexity index is 562. The first-order chi connectivity index (χ1) is 9.84.